The standard InChI is InChI=1S/C13H17N3O6/c1-21-10(19)3-2-7-5-16(13(20)15-11(7)14)12-9(18)4-8(6-17)22-12/h2-3,5,8-9,12,17-18H,4,6H2,1H3,(H2,14,15,20)/t8-,9+,12+/m0/s1. The number of ether oxygens (including phenoxy) is 2. The first-order chi connectivity index (χ1) is 10.5. The Balaban J connectivity index is 2.35. The van der Waals surface area contributed by atoms with Crippen molar-refractivity contribution in [2.45, 2.75) is 24.9 Å². The molecule has 9 nitrogen and oxygen atoms in total. The van der Waals surface area contributed by atoms with Crippen molar-refractivity contribution >= 4 is 17.9 Å². The lowest BCUT2D eigenvalue weighted by atomic mass is 10.2. The number of anilines is 1. The van der Waals surface area contributed by atoms with Crippen LogP contribution in [0.5, 0.6) is 0 Å². The van der Waals surface area contributed by atoms with Crippen LogP contribution in [-0.4, -0.2) is 51.7 Å². The smallest absolute Gasteiger partial charge is 0.351 e. The van der Waals surface area contributed by atoms with Gasteiger partial charge >= 0.3 is 11.7 Å². The Morgan fingerprint density at radius 2 is 2.41 bits per heavy atom. The Bertz CT molecular complexity index is 641. The summed E-state index contributed by atoms with van der Waals surface area (Å²) in [5.41, 5.74) is 5.23. The molecule has 0 aromatic carbocycles. The summed E-state index contributed by atoms with van der Waals surface area (Å²) >= 11 is 0. The quantitative estimate of drug-likeness (QED) is 0.458. The number of hydrogen-bond donors (Lipinski definition) is 3. The van der Waals surface area contributed by atoms with Crippen LogP contribution >= 0.6 is 0 Å². The second-order valence-corrected chi connectivity index (χ2v) is 4.76. The lowest BCUT2D eigenvalue weighted by Gasteiger charge is -2.18. The first-order valence-electron chi connectivity index (χ1n) is 6.55. The Labute approximate surface area is 125 Å². The van der Waals surface area contributed by atoms with Crippen molar-refractivity contribution < 1.29 is 24.5 Å². The zero-order valence-electron chi connectivity index (χ0n) is 11.9. The molecule has 4 N–H and O–H groups in total. The summed E-state index contributed by atoms with van der Waals surface area (Å²) in [6.45, 7) is -0.264. The van der Waals surface area contributed by atoms with E-state index in [1.165, 1.54) is 19.4 Å². The molecule has 2 rings (SSSR count). The van der Waals surface area contributed by atoms with Gasteiger partial charge in [-0.1, -0.05) is 0 Å². The van der Waals surface area contributed by atoms with Gasteiger partial charge in [0.05, 0.1) is 19.8 Å². The predicted octanol–water partition coefficient (Wildman–Crippen LogP) is -1.35. The largest absolute Gasteiger partial charge is 0.466 e. The van der Waals surface area contributed by atoms with E-state index in [2.05, 4.69) is 9.72 Å². The molecule has 0 bridgehead atoms. The molecule has 1 aliphatic rings. The van der Waals surface area contributed by atoms with E-state index in [1.807, 2.05) is 0 Å². The summed E-state index contributed by atoms with van der Waals surface area (Å²) in [6, 6.07) is 0. The van der Waals surface area contributed by atoms with Gasteiger partial charge in [-0.15, -0.1) is 0 Å². The van der Waals surface area contributed by atoms with Gasteiger partial charge < -0.3 is 25.4 Å². The molecule has 22 heavy (non-hydrogen) atoms. The number of aliphatic hydroxyl groups is 2. The lowest BCUT2D eigenvalue weighted by Crippen LogP contribution is -2.32. The minimum atomic E-state index is -0.969. The summed E-state index contributed by atoms with van der Waals surface area (Å²) in [5, 5.41) is 19.0. The van der Waals surface area contributed by atoms with E-state index in [1.54, 1.807) is 0 Å². The molecule has 3 atom stereocenters. The minimum Gasteiger partial charge on any atom is -0.466 e. The third kappa shape index (κ3) is 3.32. The number of nitrogens with two attached hydrogens (primary N) is 1. The Morgan fingerprint density at radius 1 is 1.68 bits per heavy atom. The number of esters is 1. The zero-order chi connectivity index (χ0) is 16.3. The average molecular weight is 311 g/mol. The van der Waals surface area contributed by atoms with Crippen LogP contribution in [-0.2, 0) is 14.3 Å². The van der Waals surface area contributed by atoms with Crippen LogP contribution < -0.4 is 11.4 Å². The highest BCUT2D eigenvalue weighted by Crippen LogP contribution is 2.28. The Hall–Kier alpha value is -2.23. The van der Waals surface area contributed by atoms with Crippen molar-refractivity contribution in [2.75, 3.05) is 19.5 Å². The van der Waals surface area contributed by atoms with Gasteiger partial charge in [0.25, 0.3) is 0 Å². The van der Waals surface area contributed by atoms with Crippen LogP contribution in [0.2, 0.25) is 0 Å². The normalized spacial score (nSPS) is 24.8. The first-order valence-corrected chi connectivity index (χ1v) is 6.55. The van der Waals surface area contributed by atoms with E-state index in [0.717, 1.165) is 10.6 Å². The molecule has 9 heteroatoms. The van der Waals surface area contributed by atoms with Crippen molar-refractivity contribution in [2.24, 2.45) is 0 Å². The van der Waals surface area contributed by atoms with E-state index in [0.29, 0.717) is 5.56 Å². The summed E-state index contributed by atoms with van der Waals surface area (Å²) in [7, 11) is 1.23. The predicted molar refractivity (Wildman–Crippen MR) is 75.6 cm³/mol. The SMILES string of the molecule is COC(=O)C=Cc1cn([C@@H]2O[C@H](CO)C[C@H]2O)c(=O)nc1N. The van der Waals surface area contributed by atoms with Gasteiger partial charge in [0.2, 0.25) is 0 Å². The number of methoxy groups -OCH3 is 1. The summed E-state index contributed by atoms with van der Waals surface area (Å²) in [5.74, 6) is -0.651. The molecule has 1 fully saturated rings. The molecule has 1 saturated heterocycles. The number of rotatable bonds is 4. The molecule has 1 aliphatic heterocycles. The minimum absolute atomic E-state index is 0.0624. The second kappa shape index (κ2) is 6.69. The van der Waals surface area contributed by atoms with E-state index in [-0.39, 0.29) is 18.8 Å². The van der Waals surface area contributed by atoms with Gasteiger partial charge in [-0.3, -0.25) is 4.57 Å². The van der Waals surface area contributed by atoms with Crippen molar-refractivity contribution in [1.29, 1.82) is 0 Å². The van der Waals surface area contributed by atoms with E-state index >= 15 is 0 Å². The van der Waals surface area contributed by atoms with Gasteiger partial charge in [0.15, 0.2) is 6.23 Å². The first kappa shape index (κ1) is 16.1. The zero-order valence-corrected chi connectivity index (χ0v) is 11.9. The van der Waals surface area contributed by atoms with E-state index in [9.17, 15) is 14.7 Å². The van der Waals surface area contributed by atoms with E-state index in [4.69, 9.17) is 15.6 Å². The van der Waals surface area contributed by atoms with Crippen LogP contribution in [0.3, 0.4) is 0 Å². The monoisotopic (exact) mass is 311 g/mol. The molecule has 0 saturated carbocycles. The molecule has 0 spiro atoms. The number of aromatic nitrogens is 2. The maximum absolute atomic E-state index is 11.9. The van der Waals surface area contributed by atoms with Gasteiger partial charge in [0, 0.05) is 24.3 Å². The van der Waals surface area contributed by atoms with E-state index < -0.39 is 30.1 Å². The summed E-state index contributed by atoms with van der Waals surface area (Å²) in [6.07, 6.45) is 1.52. The number of nitrogens with zero attached hydrogens (tertiary/aromatic N) is 2. The molecular formula is C13H17N3O6. The number of hydrogen-bond acceptors (Lipinski definition) is 8. The van der Waals surface area contributed by atoms with Gasteiger partial charge in [-0.25, -0.2) is 9.59 Å². The van der Waals surface area contributed by atoms with Crippen LogP contribution in [0.1, 0.15) is 18.2 Å². The number of carbonyl (C=O) groups is 1. The fraction of sp³-hybridized carbons (Fsp3) is 0.462. The van der Waals surface area contributed by atoms with Crippen LogP contribution in [0.15, 0.2) is 17.1 Å². The third-order valence-electron chi connectivity index (χ3n) is 3.25. The lowest BCUT2D eigenvalue weighted by molar-refractivity contribution is -0.134. The number of carbonyl (C=O) groups excluding carboxylic acids is 1. The van der Waals surface area contributed by atoms with Crippen LogP contribution in [0.25, 0.3) is 6.08 Å². The van der Waals surface area contributed by atoms with Crippen molar-refractivity contribution in [3.63, 3.8) is 0 Å². The Morgan fingerprint density at radius 3 is 3.00 bits per heavy atom. The van der Waals surface area contributed by atoms with Crippen molar-refractivity contribution in [3.8, 4) is 0 Å². The Kier molecular flexibility index (Phi) is 4.91. The average Bonchev–Trinajstić information content (AvgIpc) is 2.87. The summed E-state index contributed by atoms with van der Waals surface area (Å²) in [4.78, 5) is 26.7. The number of aliphatic hydroxyl groups excluding tert-OH is 2. The van der Waals surface area contributed by atoms with Crippen molar-refractivity contribution in [3.05, 3.63) is 28.3 Å². The highest BCUT2D eigenvalue weighted by molar-refractivity contribution is 5.87. The molecule has 0 amide bonds. The van der Waals surface area contributed by atoms with Crippen LogP contribution in [0, 0.1) is 0 Å². The molecule has 2 heterocycles. The maximum Gasteiger partial charge on any atom is 0.351 e. The summed E-state index contributed by atoms with van der Waals surface area (Å²) < 4.78 is 10.9. The fourth-order valence-corrected chi connectivity index (χ4v) is 2.13. The van der Waals surface area contributed by atoms with Gasteiger partial charge in [-0.05, 0) is 6.08 Å². The van der Waals surface area contributed by atoms with Crippen LogP contribution in [0.4, 0.5) is 5.82 Å². The molecule has 0 radical (unpaired) electrons. The number of nitrogen functional groups attached to an aromatic ring is 1. The second-order valence-electron chi connectivity index (χ2n) is 4.76. The highest BCUT2D eigenvalue weighted by Gasteiger charge is 2.35. The third-order valence-corrected chi connectivity index (χ3v) is 3.25. The molecule has 1 aromatic heterocycles. The fourth-order valence-electron chi connectivity index (χ4n) is 2.13. The molecular weight excluding hydrogens is 294 g/mol. The topological polar surface area (TPSA) is 137 Å². The van der Waals surface area contributed by atoms with Gasteiger partial charge in [0.1, 0.15) is 11.9 Å². The maximum atomic E-state index is 11.9. The molecule has 0 aliphatic carbocycles. The molecule has 0 unspecified atom stereocenters. The molecule has 120 valence electrons. The van der Waals surface area contributed by atoms with Crippen molar-refractivity contribution in [1.82, 2.24) is 9.55 Å². The highest BCUT2D eigenvalue weighted by atomic mass is 16.5. The van der Waals surface area contributed by atoms with Gasteiger partial charge in [-0.2, -0.15) is 4.98 Å². The molecule has 1 aromatic rings.